The number of nitrogens with one attached hydrogen (secondary N) is 1. The van der Waals surface area contributed by atoms with Gasteiger partial charge in [-0.25, -0.2) is 0 Å². The van der Waals surface area contributed by atoms with Crippen LogP contribution >= 0.6 is 23.2 Å². The summed E-state index contributed by atoms with van der Waals surface area (Å²) in [6, 6.07) is 6.86. The van der Waals surface area contributed by atoms with Crippen LogP contribution in [0.2, 0.25) is 10.0 Å². The largest absolute Gasteiger partial charge is 0.482 e. The molecule has 2 aromatic rings. The van der Waals surface area contributed by atoms with E-state index in [4.69, 9.17) is 27.9 Å². The van der Waals surface area contributed by atoms with Crippen LogP contribution in [0.3, 0.4) is 0 Å². The molecule has 7 heteroatoms. The summed E-state index contributed by atoms with van der Waals surface area (Å²) in [5.74, 6) is 0.222. The van der Waals surface area contributed by atoms with Crippen molar-refractivity contribution in [2.75, 3.05) is 13.2 Å². The number of aromatic nitrogens is 2. The molecule has 1 aromatic carbocycles. The third-order valence-corrected chi connectivity index (χ3v) is 3.65. The molecular formula is C15H17Cl2N3O2. The van der Waals surface area contributed by atoms with Crippen molar-refractivity contribution in [3.63, 3.8) is 0 Å². The third kappa shape index (κ3) is 4.64. The number of hydrogen-bond acceptors (Lipinski definition) is 3. The molecule has 1 aromatic heterocycles. The van der Waals surface area contributed by atoms with Crippen molar-refractivity contribution in [3.8, 4) is 5.75 Å². The van der Waals surface area contributed by atoms with Crippen molar-refractivity contribution in [2.45, 2.75) is 13.3 Å². The highest BCUT2D eigenvalue weighted by Gasteiger charge is 2.07. The van der Waals surface area contributed by atoms with E-state index in [0.29, 0.717) is 28.8 Å². The molecule has 5 nitrogen and oxygen atoms in total. The Hall–Kier alpha value is -1.72. The summed E-state index contributed by atoms with van der Waals surface area (Å²) in [7, 11) is 1.89. The number of carbonyl (C=O) groups is 1. The third-order valence-electron chi connectivity index (χ3n) is 3.12. The Balaban J connectivity index is 1.74. The van der Waals surface area contributed by atoms with Gasteiger partial charge in [-0.3, -0.25) is 9.48 Å². The van der Waals surface area contributed by atoms with Gasteiger partial charge in [0.2, 0.25) is 0 Å². The van der Waals surface area contributed by atoms with Crippen molar-refractivity contribution in [3.05, 3.63) is 45.7 Å². The first-order valence-corrected chi connectivity index (χ1v) is 7.55. The van der Waals surface area contributed by atoms with E-state index < -0.39 is 0 Å². The Labute approximate surface area is 139 Å². The van der Waals surface area contributed by atoms with Crippen LogP contribution in [0.4, 0.5) is 0 Å². The minimum absolute atomic E-state index is 0.0946. The zero-order valence-corrected chi connectivity index (χ0v) is 13.9. The maximum absolute atomic E-state index is 11.7. The number of nitrogens with zero attached hydrogens (tertiary/aromatic N) is 2. The van der Waals surface area contributed by atoms with Crippen LogP contribution in [0, 0.1) is 6.92 Å². The zero-order chi connectivity index (χ0) is 16.1. The lowest BCUT2D eigenvalue weighted by molar-refractivity contribution is -0.123. The molecule has 0 atom stereocenters. The second-order valence-corrected chi connectivity index (χ2v) is 5.71. The van der Waals surface area contributed by atoms with Crippen molar-refractivity contribution >= 4 is 29.1 Å². The van der Waals surface area contributed by atoms with E-state index in [2.05, 4.69) is 10.4 Å². The summed E-state index contributed by atoms with van der Waals surface area (Å²) >= 11 is 11.8. The first-order valence-electron chi connectivity index (χ1n) is 6.80. The molecule has 1 amide bonds. The molecule has 22 heavy (non-hydrogen) atoms. The average Bonchev–Trinajstić information content (AvgIpc) is 2.76. The van der Waals surface area contributed by atoms with Crippen LogP contribution in [0.25, 0.3) is 0 Å². The van der Waals surface area contributed by atoms with Crippen LogP contribution in [0.1, 0.15) is 11.4 Å². The monoisotopic (exact) mass is 341 g/mol. The molecular weight excluding hydrogens is 325 g/mol. The first-order chi connectivity index (χ1) is 10.5. The number of rotatable bonds is 6. The maximum Gasteiger partial charge on any atom is 0.257 e. The van der Waals surface area contributed by atoms with Crippen molar-refractivity contribution < 1.29 is 9.53 Å². The molecule has 0 bridgehead atoms. The van der Waals surface area contributed by atoms with Gasteiger partial charge in [-0.1, -0.05) is 23.2 Å². The lowest BCUT2D eigenvalue weighted by atomic mass is 10.3. The number of carbonyl (C=O) groups excluding carboxylic acids is 1. The minimum atomic E-state index is -0.210. The second kappa shape index (κ2) is 7.51. The van der Waals surface area contributed by atoms with Gasteiger partial charge >= 0.3 is 0 Å². The van der Waals surface area contributed by atoms with E-state index in [1.807, 2.05) is 24.7 Å². The van der Waals surface area contributed by atoms with Crippen LogP contribution < -0.4 is 10.1 Å². The number of halogens is 2. The van der Waals surface area contributed by atoms with Gasteiger partial charge < -0.3 is 10.1 Å². The Bertz CT molecular complexity index is 651. The SMILES string of the molecule is Cc1cc(CCNC(=O)COc2ccc(Cl)cc2Cl)nn1C. The van der Waals surface area contributed by atoms with Crippen LogP contribution in [0.5, 0.6) is 5.75 Å². The zero-order valence-electron chi connectivity index (χ0n) is 12.4. The first kappa shape index (κ1) is 16.6. The molecule has 1 N–H and O–H groups in total. The smallest absolute Gasteiger partial charge is 0.257 e. The summed E-state index contributed by atoms with van der Waals surface area (Å²) in [4.78, 5) is 11.7. The maximum atomic E-state index is 11.7. The van der Waals surface area contributed by atoms with Crippen molar-refractivity contribution in [2.24, 2.45) is 7.05 Å². The Morgan fingerprint density at radius 3 is 2.77 bits per heavy atom. The van der Waals surface area contributed by atoms with Gasteiger partial charge in [0.1, 0.15) is 5.75 Å². The van der Waals surface area contributed by atoms with Gasteiger partial charge in [0.25, 0.3) is 5.91 Å². The molecule has 0 radical (unpaired) electrons. The Morgan fingerprint density at radius 2 is 2.14 bits per heavy atom. The fourth-order valence-electron chi connectivity index (χ4n) is 1.87. The molecule has 1 heterocycles. The second-order valence-electron chi connectivity index (χ2n) is 4.86. The number of hydrogen-bond donors (Lipinski definition) is 1. The standard InChI is InChI=1S/C15H17Cl2N3O2/c1-10-7-12(19-20(10)2)5-6-18-15(21)9-22-14-4-3-11(16)8-13(14)17/h3-4,7-8H,5-6,9H2,1-2H3,(H,18,21). The molecule has 2 rings (SSSR count). The number of amides is 1. The Kier molecular flexibility index (Phi) is 5.69. The van der Waals surface area contributed by atoms with Crippen molar-refractivity contribution in [1.82, 2.24) is 15.1 Å². The summed E-state index contributed by atoms with van der Waals surface area (Å²) in [6.07, 6.45) is 0.676. The van der Waals surface area contributed by atoms with Gasteiger partial charge in [0.05, 0.1) is 10.7 Å². The molecule has 0 spiro atoms. The van der Waals surface area contributed by atoms with Gasteiger partial charge in [0.15, 0.2) is 6.61 Å². The van der Waals surface area contributed by atoms with E-state index in [1.54, 1.807) is 18.2 Å². The fourth-order valence-corrected chi connectivity index (χ4v) is 2.34. The molecule has 0 unspecified atom stereocenters. The van der Waals surface area contributed by atoms with E-state index in [0.717, 1.165) is 11.4 Å². The molecule has 0 aliphatic heterocycles. The fraction of sp³-hybridized carbons (Fsp3) is 0.333. The van der Waals surface area contributed by atoms with E-state index in [9.17, 15) is 4.79 Å². The molecule has 118 valence electrons. The van der Waals surface area contributed by atoms with E-state index in [1.165, 1.54) is 0 Å². The summed E-state index contributed by atoms with van der Waals surface area (Å²) < 4.78 is 7.17. The molecule has 0 aliphatic carbocycles. The summed E-state index contributed by atoms with van der Waals surface area (Å²) in [6.45, 7) is 2.40. The highest BCUT2D eigenvalue weighted by Crippen LogP contribution is 2.27. The van der Waals surface area contributed by atoms with Crippen LogP contribution in [-0.2, 0) is 18.3 Å². The van der Waals surface area contributed by atoms with Crippen molar-refractivity contribution in [1.29, 1.82) is 0 Å². The van der Waals surface area contributed by atoms with E-state index >= 15 is 0 Å². The average molecular weight is 342 g/mol. The van der Waals surface area contributed by atoms with Gasteiger partial charge in [-0.05, 0) is 31.2 Å². The van der Waals surface area contributed by atoms with Gasteiger partial charge in [0, 0.05) is 30.7 Å². The lowest BCUT2D eigenvalue weighted by Crippen LogP contribution is -2.30. The lowest BCUT2D eigenvalue weighted by Gasteiger charge is -2.08. The quantitative estimate of drug-likeness (QED) is 0.878. The molecule has 0 aliphatic rings. The summed E-state index contributed by atoms with van der Waals surface area (Å²) in [5, 5.41) is 8.00. The predicted molar refractivity (Wildman–Crippen MR) is 86.6 cm³/mol. The summed E-state index contributed by atoms with van der Waals surface area (Å²) in [5.41, 5.74) is 2.03. The predicted octanol–water partition coefficient (Wildman–Crippen LogP) is 2.77. The number of benzene rings is 1. The number of ether oxygens (including phenoxy) is 1. The molecule has 0 saturated carbocycles. The van der Waals surface area contributed by atoms with Gasteiger partial charge in [-0.2, -0.15) is 5.10 Å². The molecule has 0 fully saturated rings. The van der Waals surface area contributed by atoms with Gasteiger partial charge in [-0.15, -0.1) is 0 Å². The highest BCUT2D eigenvalue weighted by atomic mass is 35.5. The molecule has 0 saturated heterocycles. The van der Waals surface area contributed by atoms with E-state index in [-0.39, 0.29) is 12.5 Å². The van der Waals surface area contributed by atoms with Crippen LogP contribution in [-0.4, -0.2) is 28.8 Å². The highest BCUT2D eigenvalue weighted by molar-refractivity contribution is 6.35. The minimum Gasteiger partial charge on any atom is -0.482 e. The van der Waals surface area contributed by atoms with Crippen LogP contribution in [0.15, 0.2) is 24.3 Å². The normalized spacial score (nSPS) is 10.5. The topological polar surface area (TPSA) is 56.1 Å². The number of aryl methyl sites for hydroxylation is 2. The Morgan fingerprint density at radius 1 is 1.36 bits per heavy atom.